The topological polar surface area (TPSA) is 86.6 Å². The van der Waals surface area contributed by atoms with Crippen LogP contribution in [0.3, 0.4) is 0 Å². The molecular weight excluding hydrogens is 274 g/mol. The van der Waals surface area contributed by atoms with Crippen LogP contribution >= 0.6 is 0 Å². The first-order valence-electron chi connectivity index (χ1n) is 8.50. The van der Waals surface area contributed by atoms with E-state index in [4.69, 9.17) is 16.1 Å². The summed E-state index contributed by atoms with van der Waals surface area (Å²) in [4.78, 5) is 9.06. The lowest BCUT2D eigenvalue weighted by molar-refractivity contribution is 0.226. The molecule has 5 heteroatoms. The summed E-state index contributed by atoms with van der Waals surface area (Å²) in [6, 6.07) is 0.479. The zero-order valence-corrected chi connectivity index (χ0v) is 14.7. The summed E-state index contributed by atoms with van der Waals surface area (Å²) in [6.07, 6.45) is 7.21. The number of aliphatic imine (C=N–C) groups is 2. The van der Waals surface area contributed by atoms with E-state index in [0.29, 0.717) is 23.7 Å². The highest BCUT2D eigenvalue weighted by Crippen LogP contribution is 2.42. The molecule has 1 unspecified atom stereocenters. The normalized spacial score (nSPS) is 30.5. The highest BCUT2D eigenvalue weighted by atomic mass is 15.1. The molecule has 1 rings (SSSR count). The second-order valence-corrected chi connectivity index (χ2v) is 6.38. The molecule has 0 radical (unpaired) electrons. The largest absolute Gasteiger partial charge is 0.370 e. The lowest BCUT2D eigenvalue weighted by Gasteiger charge is -2.34. The highest BCUT2D eigenvalue weighted by Gasteiger charge is 2.45. The van der Waals surface area contributed by atoms with Gasteiger partial charge in [-0.15, -0.1) is 0 Å². The molecule has 0 amide bonds. The second kappa shape index (κ2) is 8.91. The van der Waals surface area contributed by atoms with E-state index < -0.39 is 0 Å². The van der Waals surface area contributed by atoms with E-state index in [9.17, 15) is 0 Å². The van der Waals surface area contributed by atoms with Crippen LogP contribution in [0.2, 0.25) is 0 Å². The average Bonchev–Trinajstić information content (AvgIpc) is 2.75. The van der Waals surface area contributed by atoms with Crippen molar-refractivity contribution in [2.75, 3.05) is 7.05 Å². The molecule has 1 aliphatic rings. The van der Waals surface area contributed by atoms with Gasteiger partial charge in [-0.3, -0.25) is 10.4 Å². The molecule has 1 fully saturated rings. The highest BCUT2D eigenvalue weighted by molar-refractivity contribution is 5.75. The summed E-state index contributed by atoms with van der Waals surface area (Å²) in [5, 5.41) is 10.8. The maximum Gasteiger partial charge on any atom is 0.185 e. The second-order valence-electron chi connectivity index (χ2n) is 6.38. The fraction of sp³-hybridized carbons (Fsp3) is 0.824. The maximum absolute atomic E-state index is 7.62. The molecule has 0 aromatic heterocycles. The Morgan fingerprint density at radius 1 is 1.41 bits per heavy atom. The molecule has 5 nitrogen and oxygen atoms in total. The minimum atomic E-state index is 0.0556. The van der Waals surface area contributed by atoms with E-state index in [1.54, 1.807) is 0 Å². The van der Waals surface area contributed by atoms with Crippen LogP contribution in [-0.4, -0.2) is 37.5 Å². The molecule has 126 valence electrons. The number of hydrogen-bond donors (Lipinski definition) is 3. The molecule has 0 aromatic rings. The van der Waals surface area contributed by atoms with Crippen LogP contribution in [-0.2, 0) is 0 Å². The zero-order valence-electron chi connectivity index (χ0n) is 14.7. The summed E-state index contributed by atoms with van der Waals surface area (Å²) >= 11 is 0. The fourth-order valence-electron chi connectivity index (χ4n) is 4.09. The molecule has 0 aliphatic heterocycles. The number of nitrogens with zero attached hydrogens (tertiary/aromatic N) is 2. The van der Waals surface area contributed by atoms with Crippen molar-refractivity contribution in [2.24, 2.45) is 39.4 Å². The first kappa shape index (κ1) is 18.7. The van der Waals surface area contributed by atoms with Crippen LogP contribution in [0.25, 0.3) is 0 Å². The smallest absolute Gasteiger partial charge is 0.185 e. The van der Waals surface area contributed by atoms with Gasteiger partial charge in [-0.1, -0.05) is 33.6 Å². The van der Waals surface area contributed by atoms with Gasteiger partial charge in [0.25, 0.3) is 0 Å². The number of rotatable bonds is 7. The van der Waals surface area contributed by atoms with Crippen LogP contribution in [0.5, 0.6) is 0 Å². The van der Waals surface area contributed by atoms with E-state index in [2.05, 4.69) is 37.3 Å². The Kier molecular flexibility index (Phi) is 7.56. The van der Waals surface area contributed by atoms with Gasteiger partial charge in [0.15, 0.2) is 5.96 Å². The Hall–Kier alpha value is -1.39. The third kappa shape index (κ3) is 4.31. The Morgan fingerprint density at radius 3 is 2.50 bits per heavy atom. The molecular formula is C17H33N5. The molecule has 0 spiro atoms. The summed E-state index contributed by atoms with van der Waals surface area (Å²) in [7, 11) is 1.83. The zero-order chi connectivity index (χ0) is 16.7. The molecule has 22 heavy (non-hydrogen) atoms. The SMILES string of the molecule is C/C=N/C(C(CC)CC)[C@@H]1[C@H](C)[C@@H](/C=N/C)C[C@H]1NC(=N)N. The summed E-state index contributed by atoms with van der Waals surface area (Å²) in [5.41, 5.74) is 5.61. The van der Waals surface area contributed by atoms with E-state index >= 15 is 0 Å². The third-order valence-electron chi connectivity index (χ3n) is 5.20. The van der Waals surface area contributed by atoms with Crippen LogP contribution in [0, 0.1) is 29.1 Å². The molecule has 5 atom stereocenters. The van der Waals surface area contributed by atoms with Crippen LogP contribution in [0.1, 0.15) is 47.0 Å². The van der Waals surface area contributed by atoms with Crippen molar-refractivity contribution in [2.45, 2.75) is 59.0 Å². The minimum absolute atomic E-state index is 0.0556. The first-order chi connectivity index (χ1) is 10.5. The number of nitrogens with one attached hydrogen (secondary N) is 2. The van der Waals surface area contributed by atoms with Gasteiger partial charge in [-0.2, -0.15) is 0 Å². The Labute approximate surface area is 135 Å². The molecule has 0 bridgehead atoms. The van der Waals surface area contributed by atoms with Gasteiger partial charge >= 0.3 is 0 Å². The van der Waals surface area contributed by atoms with Crippen molar-refractivity contribution in [3.8, 4) is 0 Å². The number of hydrogen-bond acceptors (Lipinski definition) is 3. The van der Waals surface area contributed by atoms with Crippen LogP contribution in [0.4, 0.5) is 0 Å². The predicted octanol–water partition coefficient (Wildman–Crippen LogP) is 2.71. The van der Waals surface area contributed by atoms with E-state index in [1.807, 2.05) is 20.2 Å². The van der Waals surface area contributed by atoms with Gasteiger partial charge in [0.1, 0.15) is 0 Å². The monoisotopic (exact) mass is 307 g/mol. The van der Waals surface area contributed by atoms with Crippen LogP contribution in [0.15, 0.2) is 9.98 Å². The summed E-state index contributed by atoms with van der Waals surface area (Å²) < 4.78 is 0. The predicted molar refractivity (Wildman–Crippen MR) is 96.0 cm³/mol. The molecule has 0 saturated heterocycles. The molecule has 0 aromatic carbocycles. The van der Waals surface area contributed by atoms with Gasteiger partial charge in [0.05, 0.1) is 6.04 Å². The minimum Gasteiger partial charge on any atom is -0.370 e. The van der Waals surface area contributed by atoms with Crippen molar-refractivity contribution in [3.05, 3.63) is 0 Å². The van der Waals surface area contributed by atoms with Crippen LogP contribution < -0.4 is 11.1 Å². The Balaban J connectivity index is 3.12. The summed E-state index contributed by atoms with van der Waals surface area (Å²) in [6.45, 7) is 8.77. The van der Waals surface area contributed by atoms with Gasteiger partial charge in [-0.05, 0) is 37.3 Å². The van der Waals surface area contributed by atoms with Gasteiger partial charge in [0.2, 0.25) is 0 Å². The van der Waals surface area contributed by atoms with Gasteiger partial charge < -0.3 is 16.0 Å². The average molecular weight is 307 g/mol. The molecule has 1 aliphatic carbocycles. The first-order valence-corrected chi connectivity index (χ1v) is 8.50. The molecule has 1 saturated carbocycles. The van der Waals surface area contributed by atoms with E-state index in [-0.39, 0.29) is 18.0 Å². The maximum atomic E-state index is 7.62. The quantitative estimate of drug-likeness (QED) is 0.499. The number of nitrogens with two attached hydrogens (primary N) is 1. The molecule has 0 heterocycles. The third-order valence-corrected chi connectivity index (χ3v) is 5.20. The number of guanidine groups is 1. The van der Waals surface area contributed by atoms with Crippen molar-refractivity contribution in [3.63, 3.8) is 0 Å². The standard InChI is InChI=1S/C17H33N5/c1-6-12(7-2)16(21-8-3)15-11(4)13(10-20-5)9-14(15)22-17(18)19/h8,10-16H,6-7,9H2,1-5H3,(H4,18,19,22)/b20-10+,21-8+/t11-,13-,14-,15-,16?/m1/s1. The summed E-state index contributed by atoms with van der Waals surface area (Å²) in [5.74, 6) is 1.91. The lowest BCUT2D eigenvalue weighted by atomic mass is 9.77. The Bertz CT molecular complexity index is 400. The lowest BCUT2D eigenvalue weighted by Crippen LogP contribution is -2.47. The molecule has 4 N–H and O–H groups in total. The van der Waals surface area contributed by atoms with E-state index in [1.165, 1.54) is 0 Å². The van der Waals surface area contributed by atoms with Gasteiger partial charge in [0, 0.05) is 25.2 Å². The van der Waals surface area contributed by atoms with Crippen molar-refractivity contribution < 1.29 is 0 Å². The van der Waals surface area contributed by atoms with Gasteiger partial charge in [-0.25, -0.2) is 0 Å². The van der Waals surface area contributed by atoms with Crippen molar-refractivity contribution in [1.29, 1.82) is 5.41 Å². The van der Waals surface area contributed by atoms with E-state index in [0.717, 1.165) is 19.3 Å². The van der Waals surface area contributed by atoms with Crippen molar-refractivity contribution >= 4 is 18.4 Å². The van der Waals surface area contributed by atoms with Crippen molar-refractivity contribution in [1.82, 2.24) is 5.32 Å². The fourth-order valence-corrected chi connectivity index (χ4v) is 4.09. The Morgan fingerprint density at radius 2 is 2.05 bits per heavy atom.